The van der Waals surface area contributed by atoms with Crippen molar-refractivity contribution in [3.8, 4) is 22.6 Å². The summed E-state index contributed by atoms with van der Waals surface area (Å²) in [7, 11) is 0. The van der Waals surface area contributed by atoms with Crippen molar-refractivity contribution in [2.45, 2.75) is 6.61 Å². The maximum atomic E-state index is 13.9. The monoisotopic (exact) mass is 303 g/mol. The quantitative estimate of drug-likeness (QED) is 0.785. The van der Waals surface area contributed by atoms with Crippen molar-refractivity contribution in [2.24, 2.45) is 0 Å². The van der Waals surface area contributed by atoms with E-state index < -0.39 is 5.82 Å². The Morgan fingerprint density at radius 1 is 1.05 bits per heavy atom. The number of rotatable bonds is 3. The van der Waals surface area contributed by atoms with E-state index in [9.17, 15) is 9.50 Å². The molecule has 0 unspecified atom stereocenters. The van der Waals surface area contributed by atoms with Crippen molar-refractivity contribution < 1.29 is 14.0 Å². The van der Waals surface area contributed by atoms with Crippen LogP contribution in [0.5, 0.6) is 0 Å². The second-order valence-electron chi connectivity index (χ2n) is 4.46. The molecule has 3 rings (SSSR count). The second kappa shape index (κ2) is 5.68. The van der Waals surface area contributed by atoms with Gasteiger partial charge in [0, 0.05) is 11.1 Å². The molecule has 3 aromatic rings. The number of aliphatic hydroxyl groups is 1. The zero-order valence-corrected chi connectivity index (χ0v) is 11.6. The lowest BCUT2D eigenvalue weighted by Gasteiger charge is -2.03. The first-order chi connectivity index (χ1) is 10.2. The van der Waals surface area contributed by atoms with Crippen molar-refractivity contribution in [3.05, 3.63) is 64.9 Å². The summed E-state index contributed by atoms with van der Waals surface area (Å²) in [6.45, 7) is -0.326. The van der Waals surface area contributed by atoms with E-state index in [1.54, 1.807) is 42.5 Å². The van der Waals surface area contributed by atoms with Gasteiger partial charge in [-0.15, -0.1) is 0 Å². The highest BCUT2D eigenvalue weighted by Crippen LogP contribution is 2.36. The Kier molecular flexibility index (Phi) is 3.73. The molecular formula is C16H11ClFNO2. The molecule has 0 radical (unpaired) electrons. The molecule has 0 saturated heterocycles. The standard InChI is InChI=1S/C16H11ClFNO2/c17-13-7-3-1-5-10(13)16-12(9-20)15(19-21-16)11-6-2-4-8-14(11)18/h1-8,20H,9H2. The molecule has 2 aromatic carbocycles. The number of nitrogens with zero attached hydrogens (tertiary/aromatic N) is 1. The molecule has 0 aliphatic rings. The molecule has 0 saturated carbocycles. The average Bonchev–Trinajstić information content (AvgIpc) is 2.91. The first-order valence-electron chi connectivity index (χ1n) is 6.31. The van der Waals surface area contributed by atoms with Crippen molar-refractivity contribution in [3.63, 3.8) is 0 Å². The summed E-state index contributed by atoms with van der Waals surface area (Å²) in [5.41, 5.74) is 1.58. The van der Waals surface area contributed by atoms with Crippen LogP contribution in [-0.2, 0) is 6.61 Å². The molecule has 0 bridgehead atoms. The van der Waals surface area contributed by atoms with E-state index in [1.807, 2.05) is 0 Å². The van der Waals surface area contributed by atoms with E-state index in [0.29, 0.717) is 21.9 Å². The molecule has 0 aliphatic carbocycles. The summed E-state index contributed by atoms with van der Waals surface area (Å²) in [6.07, 6.45) is 0. The lowest BCUT2D eigenvalue weighted by molar-refractivity contribution is 0.281. The predicted molar refractivity (Wildman–Crippen MR) is 78.3 cm³/mol. The lowest BCUT2D eigenvalue weighted by Crippen LogP contribution is -1.91. The summed E-state index contributed by atoms with van der Waals surface area (Å²) in [5, 5.41) is 14.0. The molecule has 106 valence electrons. The van der Waals surface area contributed by atoms with Crippen LogP contribution in [-0.4, -0.2) is 10.3 Å². The maximum absolute atomic E-state index is 13.9. The van der Waals surface area contributed by atoms with Gasteiger partial charge in [0.2, 0.25) is 0 Å². The molecule has 1 N–H and O–H groups in total. The normalized spacial score (nSPS) is 10.8. The zero-order valence-electron chi connectivity index (χ0n) is 10.9. The molecule has 0 atom stereocenters. The molecule has 1 heterocycles. The van der Waals surface area contributed by atoms with Crippen molar-refractivity contribution in [1.29, 1.82) is 0 Å². The summed E-state index contributed by atoms with van der Waals surface area (Å²) in [6, 6.07) is 13.3. The Labute approximate surface area is 125 Å². The van der Waals surface area contributed by atoms with E-state index in [2.05, 4.69) is 5.16 Å². The van der Waals surface area contributed by atoms with Crippen LogP contribution in [0.4, 0.5) is 4.39 Å². The number of halogens is 2. The zero-order chi connectivity index (χ0) is 14.8. The fourth-order valence-corrected chi connectivity index (χ4v) is 2.40. The fraction of sp³-hybridized carbons (Fsp3) is 0.0625. The van der Waals surface area contributed by atoms with Gasteiger partial charge in [-0.05, 0) is 24.3 Å². The number of aliphatic hydroxyl groups excluding tert-OH is 1. The topological polar surface area (TPSA) is 46.3 Å². The Morgan fingerprint density at radius 3 is 2.38 bits per heavy atom. The summed E-state index contributed by atoms with van der Waals surface area (Å²) in [4.78, 5) is 0. The summed E-state index contributed by atoms with van der Waals surface area (Å²) >= 11 is 6.13. The van der Waals surface area contributed by atoms with Gasteiger partial charge in [-0.25, -0.2) is 4.39 Å². The van der Waals surface area contributed by atoms with E-state index in [-0.39, 0.29) is 17.9 Å². The first kappa shape index (κ1) is 13.8. The number of benzene rings is 2. The molecule has 0 fully saturated rings. The Morgan fingerprint density at radius 2 is 1.71 bits per heavy atom. The Bertz CT molecular complexity index is 722. The predicted octanol–water partition coefficient (Wildman–Crippen LogP) is 4.29. The summed E-state index contributed by atoms with van der Waals surface area (Å²) < 4.78 is 19.2. The highest BCUT2D eigenvalue weighted by Gasteiger charge is 2.21. The van der Waals surface area contributed by atoms with Crippen molar-refractivity contribution in [2.75, 3.05) is 0 Å². The molecule has 0 spiro atoms. The SMILES string of the molecule is OCc1c(-c2ccccc2F)noc1-c1ccccc1Cl. The number of aromatic nitrogens is 1. The second-order valence-corrected chi connectivity index (χ2v) is 4.86. The Hall–Kier alpha value is -2.17. The lowest BCUT2D eigenvalue weighted by atomic mass is 10.0. The van der Waals surface area contributed by atoms with Crippen LogP contribution in [0.1, 0.15) is 5.56 Å². The van der Waals surface area contributed by atoms with Crippen molar-refractivity contribution >= 4 is 11.6 Å². The molecule has 5 heteroatoms. The third kappa shape index (κ3) is 2.44. The Balaban J connectivity index is 2.19. The first-order valence-corrected chi connectivity index (χ1v) is 6.69. The third-order valence-electron chi connectivity index (χ3n) is 3.19. The fourth-order valence-electron chi connectivity index (χ4n) is 2.18. The van der Waals surface area contributed by atoms with Crippen LogP contribution in [0.25, 0.3) is 22.6 Å². The smallest absolute Gasteiger partial charge is 0.174 e. The van der Waals surface area contributed by atoms with E-state index in [4.69, 9.17) is 16.1 Å². The minimum absolute atomic E-state index is 0.281. The van der Waals surface area contributed by atoms with Gasteiger partial charge >= 0.3 is 0 Å². The minimum Gasteiger partial charge on any atom is -0.391 e. The average molecular weight is 304 g/mol. The van der Waals surface area contributed by atoms with Crippen LogP contribution >= 0.6 is 11.6 Å². The molecule has 3 nitrogen and oxygen atoms in total. The van der Waals surface area contributed by atoms with Gasteiger partial charge in [0.1, 0.15) is 11.5 Å². The van der Waals surface area contributed by atoms with E-state index in [1.165, 1.54) is 6.07 Å². The number of hydrogen-bond acceptors (Lipinski definition) is 3. The minimum atomic E-state index is -0.425. The van der Waals surface area contributed by atoms with Gasteiger partial charge < -0.3 is 9.63 Å². The van der Waals surface area contributed by atoms with Gasteiger partial charge in [-0.1, -0.05) is 41.0 Å². The summed E-state index contributed by atoms with van der Waals surface area (Å²) in [5.74, 6) is -0.0763. The highest BCUT2D eigenvalue weighted by molar-refractivity contribution is 6.33. The maximum Gasteiger partial charge on any atom is 0.174 e. The molecule has 1 aromatic heterocycles. The van der Waals surface area contributed by atoms with Crippen LogP contribution < -0.4 is 0 Å². The van der Waals surface area contributed by atoms with Crippen LogP contribution in [0.3, 0.4) is 0 Å². The van der Waals surface area contributed by atoms with Gasteiger partial charge in [-0.3, -0.25) is 0 Å². The van der Waals surface area contributed by atoms with Crippen LogP contribution in [0.15, 0.2) is 53.1 Å². The third-order valence-corrected chi connectivity index (χ3v) is 3.52. The van der Waals surface area contributed by atoms with Crippen LogP contribution in [0, 0.1) is 5.82 Å². The van der Waals surface area contributed by atoms with E-state index >= 15 is 0 Å². The molecular weight excluding hydrogens is 293 g/mol. The van der Waals surface area contributed by atoms with Gasteiger partial charge in [0.05, 0.1) is 17.2 Å². The van der Waals surface area contributed by atoms with Gasteiger partial charge in [0.25, 0.3) is 0 Å². The van der Waals surface area contributed by atoms with Gasteiger partial charge in [0.15, 0.2) is 5.76 Å². The molecule has 21 heavy (non-hydrogen) atoms. The largest absolute Gasteiger partial charge is 0.391 e. The molecule has 0 amide bonds. The van der Waals surface area contributed by atoms with Crippen LogP contribution in [0.2, 0.25) is 5.02 Å². The van der Waals surface area contributed by atoms with Crippen molar-refractivity contribution in [1.82, 2.24) is 5.16 Å². The molecule has 0 aliphatic heterocycles. The van der Waals surface area contributed by atoms with Gasteiger partial charge in [-0.2, -0.15) is 0 Å². The van der Waals surface area contributed by atoms with E-state index in [0.717, 1.165) is 0 Å². The number of hydrogen-bond donors (Lipinski definition) is 1. The highest BCUT2D eigenvalue weighted by atomic mass is 35.5.